The van der Waals surface area contributed by atoms with Crippen LogP contribution in [0.2, 0.25) is 0 Å². The maximum Gasteiger partial charge on any atom is 0.328 e. The van der Waals surface area contributed by atoms with E-state index in [2.05, 4.69) is 0 Å². The van der Waals surface area contributed by atoms with Gasteiger partial charge in [0.15, 0.2) is 15.3 Å². The standard InChI is InChI=1S/C16H19NO4S/c1-4-21-15(18)16(10-17)13(14(16)22(19,20)5-2)12-8-6-11(3)7-9-12/h6-9,13-14H,4-5H2,1-3H3/t13-,14-,16+/m0/s1. The highest BCUT2D eigenvalue weighted by Gasteiger charge is 2.77. The van der Waals surface area contributed by atoms with Crippen LogP contribution in [0, 0.1) is 23.7 Å². The molecule has 0 heterocycles. The minimum atomic E-state index is -3.54. The van der Waals surface area contributed by atoms with Crippen molar-refractivity contribution in [3.05, 3.63) is 35.4 Å². The van der Waals surface area contributed by atoms with Crippen LogP contribution in [0.1, 0.15) is 30.9 Å². The van der Waals surface area contributed by atoms with E-state index in [1.54, 1.807) is 19.1 Å². The molecule has 2 rings (SSSR count). The molecule has 0 amide bonds. The second-order valence-corrected chi connectivity index (χ2v) is 7.87. The van der Waals surface area contributed by atoms with Crippen molar-refractivity contribution in [1.29, 1.82) is 5.26 Å². The number of esters is 1. The molecule has 0 spiro atoms. The summed E-state index contributed by atoms with van der Waals surface area (Å²) in [5.74, 6) is -1.52. The molecule has 0 unspecified atom stereocenters. The summed E-state index contributed by atoms with van der Waals surface area (Å²) in [5, 5.41) is 8.52. The molecular formula is C16H19NO4S. The molecule has 6 heteroatoms. The maximum atomic E-state index is 12.3. The summed E-state index contributed by atoms with van der Waals surface area (Å²) in [5.41, 5.74) is 0.0836. The summed E-state index contributed by atoms with van der Waals surface area (Å²) in [7, 11) is -3.54. The Kier molecular flexibility index (Phi) is 4.30. The van der Waals surface area contributed by atoms with Crippen LogP contribution < -0.4 is 0 Å². The topological polar surface area (TPSA) is 84.2 Å². The minimum absolute atomic E-state index is 0.108. The van der Waals surface area contributed by atoms with Crippen molar-refractivity contribution < 1.29 is 17.9 Å². The number of hydrogen-bond donors (Lipinski definition) is 0. The number of carbonyl (C=O) groups is 1. The monoisotopic (exact) mass is 321 g/mol. The largest absolute Gasteiger partial charge is 0.465 e. The summed E-state index contributed by atoms with van der Waals surface area (Å²) in [6.07, 6.45) is 0. The highest BCUT2D eigenvalue weighted by Crippen LogP contribution is 2.63. The van der Waals surface area contributed by atoms with Crippen molar-refractivity contribution in [2.45, 2.75) is 31.9 Å². The minimum Gasteiger partial charge on any atom is -0.465 e. The molecule has 3 atom stereocenters. The molecule has 0 aromatic heterocycles. The molecule has 118 valence electrons. The molecule has 5 nitrogen and oxygen atoms in total. The van der Waals surface area contributed by atoms with Gasteiger partial charge in [0.1, 0.15) is 5.25 Å². The lowest BCUT2D eigenvalue weighted by Gasteiger charge is -2.08. The van der Waals surface area contributed by atoms with E-state index >= 15 is 0 Å². The Balaban J connectivity index is 2.52. The molecule has 0 saturated heterocycles. The predicted molar refractivity (Wildman–Crippen MR) is 81.8 cm³/mol. The normalized spacial score (nSPS) is 27.0. The highest BCUT2D eigenvalue weighted by molar-refractivity contribution is 7.92. The van der Waals surface area contributed by atoms with Gasteiger partial charge in [0, 0.05) is 11.7 Å². The van der Waals surface area contributed by atoms with Gasteiger partial charge in [-0.25, -0.2) is 8.42 Å². The second-order valence-electron chi connectivity index (χ2n) is 5.46. The molecule has 1 saturated carbocycles. The van der Waals surface area contributed by atoms with Crippen LogP contribution in [0.15, 0.2) is 24.3 Å². The summed E-state index contributed by atoms with van der Waals surface area (Å²) in [6.45, 7) is 5.18. The Morgan fingerprint density at radius 1 is 1.32 bits per heavy atom. The van der Waals surface area contributed by atoms with E-state index in [0.29, 0.717) is 5.56 Å². The number of benzene rings is 1. The maximum absolute atomic E-state index is 12.3. The number of nitrogens with zero attached hydrogens (tertiary/aromatic N) is 1. The van der Waals surface area contributed by atoms with Crippen LogP contribution in [0.25, 0.3) is 0 Å². The van der Waals surface area contributed by atoms with Crippen molar-refractivity contribution in [2.24, 2.45) is 5.41 Å². The first-order valence-electron chi connectivity index (χ1n) is 7.21. The van der Waals surface area contributed by atoms with Crippen LogP contribution in [0.5, 0.6) is 0 Å². The fraction of sp³-hybridized carbons (Fsp3) is 0.500. The van der Waals surface area contributed by atoms with Gasteiger partial charge in [-0.2, -0.15) is 5.26 Å². The first-order valence-corrected chi connectivity index (χ1v) is 8.93. The van der Waals surface area contributed by atoms with Gasteiger partial charge in [-0.3, -0.25) is 4.79 Å². The van der Waals surface area contributed by atoms with Crippen molar-refractivity contribution in [3.8, 4) is 6.07 Å². The molecule has 0 radical (unpaired) electrons. The fourth-order valence-electron chi connectivity index (χ4n) is 2.91. The molecule has 1 aromatic rings. The van der Waals surface area contributed by atoms with Gasteiger partial charge in [0.2, 0.25) is 0 Å². The number of ether oxygens (including phenoxy) is 1. The lowest BCUT2D eigenvalue weighted by atomic mass is 10.00. The predicted octanol–water partition coefficient (Wildman–Crippen LogP) is 1.97. The molecule has 0 N–H and O–H groups in total. The zero-order chi connectivity index (χ0) is 16.5. The third-order valence-corrected chi connectivity index (χ3v) is 6.38. The number of nitriles is 1. The third kappa shape index (κ3) is 2.40. The van der Waals surface area contributed by atoms with E-state index < -0.39 is 32.4 Å². The first kappa shape index (κ1) is 16.5. The van der Waals surface area contributed by atoms with Gasteiger partial charge in [-0.15, -0.1) is 0 Å². The zero-order valence-corrected chi connectivity index (χ0v) is 13.7. The summed E-state index contributed by atoms with van der Waals surface area (Å²) >= 11 is 0. The van der Waals surface area contributed by atoms with E-state index in [1.807, 2.05) is 25.1 Å². The van der Waals surface area contributed by atoms with Crippen LogP contribution in [0.3, 0.4) is 0 Å². The van der Waals surface area contributed by atoms with E-state index in [4.69, 9.17) is 4.74 Å². The van der Waals surface area contributed by atoms with Gasteiger partial charge in [0.05, 0.1) is 12.7 Å². The molecule has 1 aromatic carbocycles. The summed E-state index contributed by atoms with van der Waals surface area (Å²) in [6, 6.07) is 9.17. The average Bonchev–Trinajstić information content (AvgIpc) is 3.20. The number of sulfone groups is 1. The van der Waals surface area contributed by atoms with Crippen molar-refractivity contribution in [3.63, 3.8) is 0 Å². The molecule has 1 aliphatic rings. The van der Waals surface area contributed by atoms with Crippen LogP contribution >= 0.6 is 0 Å². The smallest absolute Gasteiger partial charge is 0.328 e. The van der Waals surface area contributed by atoms with Crippen LogP contribution in [-0.4, -0.2) is 32.0 Å². The highest BCUT2D eigenvalue weighted by atomic mass is 32.2. The molecule has 1 aliphatic carbocycles. The number of carbonyl (C=O) groups excluding carboxylic acids is 1. The van der Waals surface area contributed by atoms with E-state index in [9.17, 15) is 18.5 Å². The molecule has 1 fully saturated rings. The Bertz CT molecular complexity index is 718. The SMILES string of the molecule is CCOC(=O)[C@]1(C#N)[C@@H](c2ccc(C)cc2)[C@@H]1S(=O)(=O)CC. The quantitative estimate of drug-likeness (QED) is 0.774. The van der Waals surface area contributed by atoms with E-state index in [1.165, 1.54) is 6.92 Å². The number of aryl methyl sites for hydroxylation is 1. The lowest BCUT2D eigenvalue weighted by Crippen LogP contribution is -2.26. The van der Waals surface area contributed by atoms with Crippen LogP contribution in [0.4, 0.5) is 0 Å². The van der Waals surface area contributed by atoms with Gasteiger partial charge in [-0.05, 0) is 19.4 Å². The Hall–Kier alpha value is -1.87. The Morgan fingerprint density at radius 2 is 1.91 bits per heavy atom. The van der Waals surface area contributed by atoms with Gasteiger partial charge < -0.3 is 4.74 Å². The van der Waals surface area contributed by atoms with Gasteiger partial charge in [-0.1, -0.05) is 36.8 Å². The van der Waals surface area contributed by atoms with Crippen molar-refractivity contribution in [1.82, 2.24) is 0 Å². The summed E-state index contributed by atoms with van der Waals surface area (Å²) < 4.78 is 29.7. The zero-order valence-electron chi connectivity index (χ0n) is 12.9. The molecular weight excluding hydrogens is 302 g/mol. The van der Waals surface area contributed by atoms with Crippen molar-refractivity contribution >= 4 is 15.8 Å². The van der Waals surface area contributed by atoms with E-state index in [0.717, 1.165) is 5.56 Å². The number of hydrogen-bond acceptors (Lipinski definition) is 5. The third-order valence-electron chi connectivity index (χ3n) is 4.16. The first-order chi connectivity index (χ1) is 10.3. The Labute approximate surface area is 130 Å². The van der Waals surface area contributed by atoms with Gasteiger partial charge >= 0.3 is 5.97 Å². The molecule has 0 bridgehead atoms. The Morgan fingerprint density at radius 3 is 2.36 bits per heavy atom. The average molecular weight is 321 g/mol. The second kappa shape index (κ2) is 5.73. The summed E-state index contributed by atoms with van der Waals surface area (Å²) in [4.78, 5) is 12.3. The molecule has 22 heavy (non-hydrogen) atoms. The number of rotatable bonds is 5. The lowest BCUT2D eigenvalue weighted by molar-refractivity contribution is -0.147. The molecule has 0 aliphatic heterocycles. The van der Waals surface area contributed by atoms with Crippen molar-refractivity contribution in [2.75, 3.05) is 12.4 Å². The fourth-order valence-corrected chi connectivity index (χ4v) is 4.84. The van der Waals surface area contributed by atoms with Gasteiger partial charge in [0.25, 0.3) is 0 Å². The van der Waals surface area contributed by atoms with Crippen LogP contribution in [-0.2, 0) is 19.4 Å². The van der Waals surface area contributed by atoms with E-state index in [-0.39, 0.29) is 12.4 Å².